The van der Waals surface area contributed by atoms with Gasteiger partial charge < -0.3 is 20.3 Å². The van der Waals surface area contributed by atoms with Gasteiger partial charge in [0.2, 0.25) is 0 Å². The van der Waals surface area contributed by atoms with Crippen LogP contribution in [-0.2, 0) is 11.3 Å². The number of rotatable bonds is 5. The summed E-state index contributed by atoms with van der Waals surface area (Å²) >= 11 is 2.28. The molecule has 0 aliphatic carbocycles. The number of nitrogens with one attached hydrogen (secondary N) is 1. The smallest absolute Gasteiger partial charge is 0.167 e. The molecule has 1 fully saturated rings. The van der Waals surface area contributed by atoms with Crippen LogP contribution >= 0.6 is 22.6 Å². The summed E-state index contributed by atoms with van der Waals surface area (Å²) in [5.41, 5.74) is 2.41. The number of fused-ring (bicyclic) bond motifs is 1. The molecule has 3 heterocycles. The predicted molar refractivity (Wildman–Crippen MR) is 103 cm³/mol. The van der Waals surface area contributed by atoms with Gasteiger partial charge in [-0.15, -0.1) is 0 Å². The average Bonchev–Trinajstić information content (AvgIpc) is 3.24. The van der Waals surface area contributed by atoms with Crippen molar-refractivity contribution < 1.29 is 14.9 Å². The average molecular weight is 467 g/mol. The van der Waals surface area contributed by atoms with Crippen molar-refractivity contribution in [3.63, 3.8) is 0 Å². The first-order valence-corrected chi connectivity index (χ1v) is 9.34. The summed E-state index contributed by atoms with van der Waals surface area (Å²) in [6.45, 7) is 0.406. The van der Waals surface area contributed by atoms with E-state index < -0.39 is 18.4 Å². The number of benzene rings is 1. The zero-order valence-electron chi connectivity index (χ0n) is 13.8. The maximum Gasteiger partial charge on any atom is 0.167 e. The van der Waals surface area contributed by atoms with Gasteiger partial charge in [-0.3, -0.25) is 4.57 Å². The maximum atomic E-state index is 9.95. The molecule has 2 aromatic heterocycles. The molecule has 3 atom stereocenters. The number of imidazole rings is 1. The Bertz CT molecular complexity index is 901. The van der Waals surface area contributed by atoms with Gasteiger partial charge in [0, 0.05) is 16.5 Å². The molecular formula is C17H18IN5O3. The SMILES string of the molecule is OC[C@H]1O[C@@H](n2cnc3c(NCc4ccc(I)cc4)ncnc32)CC1O. The van der Waals surface area contributed by atoms with E-state index in [1.165, 1.54) is 9.90 Å². The van der Waals surface area contributed by atoms with E-state index in [-0.39, 0.29) is 6.61 Å². The number of anilines is 1. The summed E-state index contributed by atoms with van der Waals surface area (Å²) in [6, 6.07) is 8.24. The van der Waals surface area contributed by atoms with Crippen molar-refractivity contribution in [2.24, 2.45) is 0 Å². The Kier molecular flexibility index (Phi) is 5.02. The van der Waals surface area contributed by atoms with E-state index in [9.17, 15) is 10.2 Å². The highest BCUT2D eigenvalue weighted by Crippen LogP contribution is 2.31. The van der Waals surface area contributed by atoms with Crippen molar-refractivity contribution in [2.45, 2.75) is 31.4 Å². The summed E-state index contributed by atoms with van der Waals surface area (Å²) in [7, 11) is 0. The molecule has 0 saturated carbocycles. The van der Waals surface area contributed by atoms with Gasteiger partial charge in [0.1, 0.15) is 18.7 Å². The lowest BCUT2D eigenvalue weighted by Gasteiger charge is -2.13. The Morgan fingerprint density at radius 3 is 2.77 bits per heavy atom. The van der Waals surface area contributed by atoms with Gasteiger partial charge in [-0.1, -0.05) is 12.1 Å². The van der Waals surface area contributed by atoms with Crippen molar-refractivity contribution in [1.29, 1.82) is 0 Å². The lowest BCUT2D eigenvalue weighted by Crippen LogP contribution is -2.24. The van der Waals surface area contributed by atoms with Crippen LogP contribution in [0.15, 0.2) is 36.9 Å². The summed E-state index contributed by atoms with van der Waals surface area (Å²) in [5, 5.41) is 22.5. The van der Waals surface area contributed by atoms with Crippen molar-refractivity contribution >= 4 is 39.6 Å². The Hall–Kier alpha value is -1.82. The number of aliphatic hydroxyl groups excluding tert-OH is 2. The maximum absolute atomic E-state index is 9.95. The summed E-state index contributed by atoms with van der Waals surface area (Å²) < 4.78 is 8.66. The molecule has 4 rings (SSSR count). The Labute approximate surface area is 163 Å². The van der Waals surface area contributed by atoms with E-state index in [0.717, 1.165) is 5.56 Å². The second kappa shape index (κ2) is 7.43. The quantitative estimate of drug-likeness (QED) is 0.491. The first-order valence-electron chi connectivity index (χ1n) is 8.26. The van der Waals surface area contributed by atoms with Crippen molar-refractivity contribution in [3.8, 4) is 0 Å². The minimum atomic E-state index is -0.706. The Morgan fingerprint density at radius 1 is 1.23 bits per heavy atom. The van der Waals surface area contributed by atoms with Crippen LogP contribution in [0.3, 0.4) is 0 Å². The van der Waals surface area contributed by atoms with Crippen molar-refractivity contribution in [3.05, 3.63) is 46.1 Å². The Balaban J connectivity index is 1.56. The monoisotopic (exact) mass is 467 g/mol. The molecular weight excluding hydrogens is 449 g/mol. The topological polar surface area (TPSA) is 105 Å². The van der Waals surface area contributed by atoms with E-state index in [1.807, 2.05) is 0 Å². The van der Waals surface area contributed by atoms with Crippen LogP contribution in [0.2, 0.25) is 0 Å². The molecule has 8 nitrogen and oxygen atoms in total. The van der Waals surface area contributed by atoms with Gasteiger partial charge in [-0.2, -0.15) is 0 Å². The third-order valence-electron chi connectivity index (χ3n) is 4.43. The predicted octanol–water partition coefficient (Wildman–Crippen LogP) is 1.68. The number of hydrogen-bond donors (Lipinski definition) is 3. The van der Waals surface area contributed by atoms with Crippen LogP contribution in [0.1, 0.15) is 18.2 Å². The minimum absolute atomic E-state index is 0.220. The van der Waals surface area contributed by atoms with Crippen LogP contribution in [0.4, 0.5) is 5.82 Å². The molecule has 136 valence electrons. The molecule has 1 saturated heterocycles. The van der Waals surface area contributed by atoms with Gasteiger partial charge >= 0.3 is 0 Å². The number of ether oxygens (including phenoxy) is 1. The van der Waals surface area contributed by atoms with Gasteiger partial charge in [0.25, 0.3) is 0 Å². The fourth-order valence-electron chi connectivity index (χ4n) is 3.03. The molecule has 9 heteroatoms. The number of aliphatic hydroxyl groups is 2. The molecule has 3 N–H and O–H groups in total. The fourth-order valence-corrected chi connectivity index (χ4v) is 3.39. The first kappa shape index (κ1) is 17.6. The van der Waals surface area contributed by atoms with Crippen molar-refractivity contribution in [2.75, 3.05) is 11.9 Å². The molecule has 0 bridgehead atoms. The normalized spacial score (nSPS) is 22.8. The highest BCUT2D eigenvalue weighted by molar-refractivity contribution is 14.1. The van der Waals surface area contributed by atoms with Gasteiger partial charge in [-0.05, 0) is 40.3 Å². The summed E-state index contributed by atoms with van der Waals surface area (Å²) in [4.78, 5) is 13.0. The van der Waals surface area contributed by atoms with Crippen LogP contribution < -0.4 is 5.32 Å². The fraction of sp³-hybridized carbons (Fsp3) is 0.353. The molecule has 1 aliphatic rings. The zero-order valence-corrected chi connectivity index (χ0v) is 15.9. The number of nitrogens with zero attached hydrogens (tertiary/aromatic N) is 4. The number of hydrogen-bond acceptors (Lipinski definition) is 7. The standard InChI is InChI=1S/C17H18IN5O3/c18-11-3-1-10(2-4-11)6-19-16-15-17(21-8-20-16)23(9-22-15)14-5-12(25)13(7-24)26-14/h1-4,8-9,12-14,24-25H,5-7H2,(H,19,20,21)/t12?,13-,14-/m1/s1. The van der Waals surface area contributed by atoms with Crippen LogP contribution in [0, 0.1) is 3.57 Å². The molecule has 1 aromatic carbocycles. The lowest BCUT2D eigenvalue weighted by molar-refractivity contribution is -0.0432. The van der Waals surface area contributed by atoms with Crippen LogP contribution in [0.25, 0.3) is 11.2 Å². The second-order valence-corrected chi connectivity index (χ2v) is 7.39. The third kappa shape index (κ3) is 3.39. The first-order chi connectivity index (χ1) is 12.7. The molecule has 0 spiro atoms. The zero-order chi connectivity index (χ0) is 18.1. The molecule has 0 radical (unpaired) electrons. The van der Waals surface area contributed by atoms with E-state index >= 15 is 0 Å². The molecule has 0 amide bonds. The molecule has 1 unspecified atom stereocenters. The van der Waals surface area contributed by atoms with E-state index in [1.54, 1.807) is 10.9 Å². The second-order valence-electron chi connectivity index (χ2n) is 6.14. The van der Waals surface area contributed by atoms with E-state index in [0.29, 0.717) is 29.9 Å². The van der Waals surface area contributed by atoms with Crippen molar-refractivity contribution in [1.82, 2.24) is 19.5 Å². The molecule has 26 heavy (non-hydrogen) atoms. The minimum Gasteiger partial charge on any atom is -0.394 e. The van der Waals surface area contributed by atoms with Gasteiger partial charge in [-0.25, -0.2) is 15.0 Å². The highest BCUT2D eigenvalue weighted by Gasteiger charge is 2.35. The van der Waals surface area contributed by atoms with Crippen LogP contribution in [-0.4, -0.2) is 48.5 Å². The molecule has 1 aliphatic heterocycles. The van der Waals surface area contributed by atoms with E-state index in [4.69, 9.17) is 4.74 Å². The lowest BCUT2D eigenvalue weighted by atomic mass is 10.2. The number of halogens is 1. The number of aromatic nitrogens is 4. The Morgan fingerprint density at radius 2 is 2.04 bits per heavy atom. The van der Waals surface area contributed by atoms with E-state index in [2.05, 4.69) is 67.1 Å². The largest absolute Gasteiger partial charge is 0.394 e. The third-order valence-corrected chi connectivity index (χ3v) is 5.15. The van der Waals surface area contributed by atoms with Crippen LogP contribution in [0.5, 0.6) is 0 Å². The van der Waals surface area contributed by atoms with Gasteiger partial charge in [0.15, 0.2) is 17.0 Å². The summed E-state index contributed by atoms with van der Waals surface area (Å²) in [5.74, 6) is 0.643. The highest BCUT2D eigenvalue weighted by atomic mass is 127. The van der Waals surface area contributed by atoms with Gasteiger partial charge in [0.05, 0.1) is 19.0 Å². The summed E-state index contributed by atoms with van der Waals surface area (Å²) in [6.07, 6.45) is 1.79. The molecule has 3 aromatic rings.